The lowest BCUT2D eigenvalue weighted by Gasteiger charge is -2.10. The van der Waals surface area contributed by atoms with Crippen molar-refractivity contribution in [1.29, 1.82) is 0 Å². The van der Waals surface area contributed by atoms with Gasteiger partial charge in [-0.3, -0.25) is 0 Å². The van der Waals surface area contributed by atoms with Crippen LogP contribution in [0.5, 0.6) is 0 Å². The Kier molecular flexibility index (Phi) is 2.62. The van der Waals surface area contributed by atoms with Gasteiger partial charge in [0.1, 0.15) is 11.6 Å². The number of nitrogens with zero attached hydrogens (tertiary/aromatic N) is 2. The molecule has 1 saturated carbocycles. The highest BCUT2D eigenvalue weighted by Gasteiger charge is 2.30. The number of hydrogen-bond donors (Lipinski definition) is 1. The molecule has 2 N–H and O–H groups in total. The normalized spacial score (nSPS) is 16.8. The highest BCUT2D eigenvalue weighted by molar-refractivity contribution is 5.45. The molecule has 0 saturated heterocycles. The standard InChI is InChI=1S/C15H19N3/c1-10(11-6-4-3-5-7-11)13-14(16)18(2)15(17-13)12-8-9-12/h3-7,10,12H,8-9,16H2,1-2H3. The van der Waals surface area contributed by atoms with Crippen molar-refractivity contribution >= 4 is 5.82 Å². The zero-order valence-electron chi connectivity index (χ0n) is 10.9. The molecule has 1 aromatic carbocycles. The van der Waals surface area contributed by atoms with Crippen LogP contribution in [0.2, 0.25) is 0 Å². The van der Waals surface area contributed by atoms with Gasteiger partial charge in [-0.1, -0.05) is 37.3 Å². The molecule has 1 atom stereocenters. The topological polar surface area (TPSA) is 43.8 Å². The van der Waals surface area contributed by atoms with E-state index in [-0.39, 0.29) is 5.92 Å². The average Bonchev–Trinajstić information content (AvgIpc) is 3.19. The summed E-state index contributed by atoms with van der Waals surface area (Å²) in [6.45, 7) is 2.17. The van der Waals surface area contributed by atoms with E-state index >= 15 is 0 Å². The molecule has 3 nitrogen and oxygen atoms in total. The molecule has 3 heteroatoms. The van der Waals surface area contributed by atoms with Gasteiger partial charge in [0, 0.05) is 18.9 Å². The van der Waals surface area contributed by atoms with E-state index in [4.69, 9.17) is 10.7 Å². The first-order chi connectivity index (χ1) is 8.68. The minimum Gasteiger partial charge on any atom is -0.384 e. The molecule has 1 aliphatic carbocycles. The predicted molar refractivity (Wildman–Crippen MR) is 73.6 cm³/mol. The third kappa shape index (κ3) is 1.80. The van der Waals surface area contributed by atoms with E-state index in [1.807, 2.05) is 13.1 Å². The number of aromatic nitrogens is 2. The first kappa shape index (κ1) is 11.3. The van der Waals surface area contributed by atoms with Crippen molar-refractivity contribution in [1.82, 2.24) is 9.55 Å². The second kappa shape index (κ2) is 4.16. The molecule has 1 heterocycles. The molecule has 1 fully saturated rings. The number of hydrogen-bond acceptors (Lipinski definition) is 2. The van der Waals surface area contributed by atoms with Crippen LogP contribution in [0.4, 0.5) is 5.82 Å². The first-order valence-electron chi connectivity index (χ1n) is 6.55. The highest BCUT2D eigenvalue weighted by Crippen LogP contribution is 2.41. The number of nitrogens with two attached hydrogens (primary N) is 1. The minimum absolute atomic E-state index is 0.255. The molecule has 1 unspecified atom stereocenters. The summed E-state index contributed by atoms with van der Waals surface area (Å²) in [6, 6.07) is 10.4. The zero-order valence-corrected chi connectivity index (χ0v) is 10.9. The van der Waals surface area contributed by atoms with Crippen molar-refractivity contribution < 1.29 is 0 Å². The van der Waals surface area contributed by atoms with E-state index in [0.29, 0.717) is 5.92 Å². The summed E-state index contributed by atoms with van der Waals surface area (Å²) in [5.74, 6) is 2.86. The molecular weight excluding hydrogens is 222 g/mol. The Bertz CT molecular complexity index is 553. The van der Waals surface area contributed by atoms with Gasteiger partial charge in [-0.25, -0.2) is 4.98 Å². The van der Waals surface area contributed by atoms with E-state index in [1.165, 1.54) is 18.4 Å². The van der Waals surface area contributed by atoms with Crippen molar-refractivity contribution in [3.63, 3.8) is 0 Å². The van der Waals surface area contributed by atoms with Crippen molar-refractivity contribution in [2.75, 3.05) is 5.73 Å². The fourth-order valence-electron chi connectivity index (χ4n) is 2.48. The third-order valence-electron chi connectivity index (χ3n) is 3.85. The molecule has 94 valence electrons. The van der Waals surface area contributed by atoms with Gasteiger partial charge in [0.05, 0.1) is 5.69 Å². The van der Waals surface area contributed by atoms with Crippen LogP contribution in [0.1, 0.15) is 48.7 Å². The number of imidazole rings is 1. The van der Waals surface area contributed by atoms with Crippen LogP contribution < -0.4 is 5.73 Å². The van der Waals surface area contributed by atoms with E-state index in [2.05, 4.69) is 35.8 Å². The Labute approximate surface area is 108 Å². The number of anilines is 1. The van der Waals surface area contributed by atoms with Crippen molar-refractivity contribution in [2.24, 2.45) is 7.05 Å². The van der Waals surface area contributed by atoms with Crippen molar-refractivity contribution in [2.45, 2.75) is 31.6 Å². The molecular formula is C15H19N3. The fraction of sp³-hybridized carbons (Fsp3) is 0.400. The van der Waals surface area contributed by atoms with Crippen LogP contribution in [0, 0.1) is 0 Å². The Morgan fingerprint density at radius 3 is 2.56 bits per heavy atom. The Morgan fingerprint density at radius 1 is 1.28 bits per heavy atom. The van der Waals surface area contributed by atoms with Crippen molar-refractivity contribution in [3.05, 3.63) is 47.4 Å². The maximum Gasteiger partial charge on any atom is 0.127 e. The van der Waals surface area contributed by atoms with Crippen LogP contribution >= 0.6 is 0 Å². The lowest BCUT2D eigenvalue weighted by molar-refractivity contribution is 0.804. The lowest BCUT2D eigenvalue weighted by atomic mass is 9.98. The van der Waals surface area contributed by atoms with E-state index in [0.717, 1.165) is 17.3 Å². The molecule has 0 bridgehead atoms. The molecule has 1 aromatic heterocycles. The second-order valence-corrected chi connectivity index (χ2v) is 5.21. The summed E-state index contributed by atoms with van der Waals surface area (Å²) in [5, 5.41) is 0. The number of benzene rings is 1. The fourth-order valence-corrected chi connectivity index (χ4v) is 2.48. The Hall–Kier alpha value is -1.77. The molecule has 1 aliphatic rings. The first-order valence-corrected chi connectivity index (χ1v) is 6.55. The van der Waals surface area contributed by atoms with Crippen molar-refractivity contribution in [3.8, 4) is 0 Å². The lowest BCUT2D eigenvalue weighted by Crippen LogP contribution is -2.03. The molecule has 2 aromatic rings. The number of nitrogen functional groups attached to an aromatic ring is 1. The quantitative estimate of drug-likeness (QED) is 0.897. The maximum absolute atomic E-state index is 6.21. The predicted octanol–water partition coefficient (Wildman–Crippen LogP) is 3.03. The second-order valence-electron chi connectivity index (χ2n) is 5.21. The van der Waals surface area contributed by atoms with Crippen LogP contribution in [0.15, 0.2) is 30.3 Å². The van der Waals surface area contributed by atoms with Crippen LogP contribution in [-0.2, 0) is 7.05 Å². The van der Waals surface area contributed by atoms with Crippen LogP contribution in [0.3, 0.4) is 0 Å². The van der Waals surface area contributed by atoms with Gasteiger partial charge in [-0.05, 0) is 18.4 Å². The Morgan fingerprint density at radius 2 is 1.94 bits per heavy atom. The summed E-state index contributed by atoms with van der Waals surface area (Å²) < 4.78 is 2.06. The Balaban J connectivity index is 1.99. The third-order valence-corrected chi connectivity index (χ3v) is 3.85. The van der Waals surface area contributed by atoms with Gasteiger partial charge in [-0.2, -0.15) is 0 Å². The monoisotopic (exact) mass is 241 g/mol. The summed E-state index contributed by atoms with van der Waals surface area (Å²) >= 11 is 0. The van der Waals surface area contributed by atoms with Gasteiger partial charge in [0.25, 0.3) is 0 Å². The highest BCUT2D eigenvalue weighted by atomic mass is 15.1. The van der Waals surface area contributed by atoms with Gasteiger partial charge in [-0.15, -0.1) is 0 Å². The molecule has 0 aliphatic heterocycles. The maximum atomic E-state index is 6.21. The van der Waals surface area contributed by atoms with Gasteiger partial charge < -0.3 is 10.3 Å². The molecule has 0 amide bonds. The van der Waals surface area contributed by atoms with Gasteiger partial charge in [0.2, 0.25) is 0 Å². The molecule has 18 heavy (non-hydrogen) atoms. The van der Waals surface area contributed by atoms with Crippen LogP contribution in [0.25, 0.3) is 0 Å². The largest absolute Gasteiger partial charge is 0.384 e. The van der Waals surface area contributed by atoms with E-state index in [9.17, 15) is 0 Å². The summed E-state index contributed by atoms with van der Waals surface area (Å²) in [4.78, 5) is 4.79. The summed E-state index contributed by atoms with van der Waals surface area (Å²) in [7, 11) is 2.02. The van der Waals surface area contributed by atoms with Gasteiger partial charge in [0.15, 0.2) is 0 Å². The molecule has 3 rings (SSSR count). The number of rotatable bonds is 3. The summed E-state index contributed by atoms with van der Waals surface area (Å²) in [5.41, 5.74) is 8.49. The molecule has 0 radical (unpaired) electrons. The van der Waals surface area contributed by atoms with E-state index < -0.39 is 0 Å². The zero-order chi connectivity index (χ0) is 12.7. The van der Waals surface area contributed by atoms with Gasteiger partial charge >= 0.3 is 0 Å². The summed E-state index contributed by atoms with van der Waals surface area (Å²) in [6.07, 6.45) is 2.51. The van der Waals surface area contributed by atoms with E-state index in [1.54, 1.807) is 0 Å². The molecule has 0 spiro atoms. The smallest absolute Gasteiger partial charge is 0.127 e. The van der Waals surface area contributed by atoms with Crippen LogP contribution in [-0.4, -0.2) is 9.55 Å². The SMILES string of the molecule is CC(c1ccccc1)c1nc(C2CC2)n(C)c1N. The average molecular weight is 241 g/mol. The minimum atomic E-state index is 0.255.